The third-order valence-electron chi connectivity index (χ3n) is 3.38. The van der Waals surface area contributed by atoms with E-state index in [0.29, 0.717) is 5.56 Å². The lowest BCUT2D eigenvalue weighted by Gasteiger charge is -2.14. The van der Waals surface area contributed by atoms with Crippen molar-refractivity contribution in [1.82, 2.24) is 0 Å². The summed E-state index contributed by atoms with van der Waals surface area (Å²) in [5.74, 6) is -0.585. The Kier molecular flexibility index (Phi) is 3.79. The maximum Gasteiger partial charge on any atom is 0.145 e. The molecule has 1 aliphatic carbocycles. The van der Waals surface area contributed by atoms with Gasteiger partial charge in [-0.15, -0.1) is 0 Å². The summed E-state index contributed by atoms with van der Waals surface area (Å²) in [7, 11) is 0. The molecule has 2 atom stereocenters. The first-order chi connectivity index (χ1) is 8.09. The molecule has 0 aromatic heterocycles. The van der Waals surface area contributed by atoms with Crippen molar-refractivity contribution in [2.75, 3.05) is 0 Å². The molecule has 1 aliphatic rings. The van der Waals surface area contributed by atoms with Gasteiger partial charge in [-0.3, -0.25) is 4.79 Å². The molecule has 1 aromatic rings. The van der Waals surface area contributed by atoms with Crippen molar-refractivity contribution in [3.8, 4) is 0 Å². The third-order valence-corrected chi connectivity index (χ3v) is 3.67. The summed E-state index contributed by atoms with van der Waals surface area (Å²) in [6.07, 6.45) is 2.77. The highest BCUT2D eigenvalue weighted by Crippen LogP contribution is 2.27. The van der Waals surface area contributed by atoms with Gasteiger partial charge in [0.25, 0.3) is 0 Å². The molecule has 2 N–H and O–H groups in total. The number of Topliss-reactive ketones (excluding diaryl/α,β-unsaturated/α-hetero) is 1. The standard InChI is InChI=1S/C13H15ClFNO/c14-10-5-1-3-8(13(10)15)7-12(17)9-4-2-6-11(9)16/h1,3,5,9,11H,2,4,6-7,16H2. The van der Waals surface area contributed by atoms with Gasteiger partial charge in [0.2, 0.25) is 0 Å². The van der Waals surface area contributed by atoms with Crippen molar-refractivity contribution in [3.05, 3.63) is 34.6 Å². The Labute approximate surface area is 105 Å². The molecule has 4 heteroatoms. The normalized spacial score (nSPS) is 23.9. The van der Waals surface area contributed by atoms with Gasteiger partial charge in [0.05, 0.1) is 5.02 Å². The van der Waals surface area contributed by atoms with Crippen LogP contribution in [0.1, 0.15) is 24.8 Å². The van der Waals surface area contributed by atoms with E-state index < -0.39 is 5.82 Å². The predicted molar refractivity (Wildman–Crippen MR) is 65.4 cm³/mol. The molecule has 0 spiro atoms. The van der Waals surface area contributed by atoms with Gasteiger partial charge in [-0.05, 0) is 24.5 Å². The fraction of sp³-hybridized carbons (Fsp3) is 0.462. The quantitative estimate of drug-likeness (QED) is 0.903. The van der Waals surface area contributed by atoms with E-state index in [1.807, 2.05) is 0 Å². The zero-order chi connectivity index (χ0) is 12.4. The summed E-state index contributed by atoms with van der Waals surface area (Å²) in [6, 6.07) is 4.67. The zero-order valence-electron chi connectivity index (χ0n) is 9.46. The fourth-order valence-corrected chi connectivity index (χ4v) is 2.59. The number of nitrogens with two attached hydrogens (primary N) is 1. The van der Waals surface area contributed by atoms with Crippen LogP contribution < -0.4 is 5.73 Å². The average Bonchev–Trinajstić information content (AvgIpc) is 2.71. The van der Waals surface area contributed by atoms with Crippen LogP contribution in [0.2, 0.25) is 5.02 Å². The van der Waals surface area contributed by atoms with Crippen LogP contribution in [-0.4, -0.2) is 11.8 Å². The van der Waals surface area contributed by atoms with E-state index in [0.717, 1.165) is 19.3 Å². The number of hydrogen-bond donors (Lipinski definition) is 1. The second-order valence-electron chi connectivity index (χ2n) is 4.56. The van der Waals surface area contributed by atoms with Crippen LogP contribution in [0.25, 0.3) is 0 Å². The molecule has 0 amide bonds. The Morgan fingerprint density at radius 2 is 2.24 bits per heavy atom. The Morgan fingerprint density at radius 1 is 1.47 bits per heavy atom. The molecule has 1 aromatic carbocycles. The van der Waals surface area contributed by atoms with Crippen LogP contribution in [0.15, 0.2) is 18.2 Å². The average molecular weight is 256 g/mol. The van der Waals surface area contributed by atoms with Gasteiger partial charge in [0.15, 0.2) is 0 Å². The Hall–Kier alpha value is -0.930. The Balaban J connectivity index is 2.10. The summed E-state index contributed by atoms with van der Waals surface area (Å²) in [4.78, 5) is 12.0. The molecule has 92 valence electrons. The largest absolute Gasteiger partial charge is 0.327 e. The highest BCUT2D eigenvalue weighted by molar-refractivity contribution is 6.30. The number of rotatable bonds is 3. The van der Waals surface area contributed by atoms with Crippen molar-refractivity contribution in [2.24, 2.45) is 11.7 Å². The number of halogens is 2. The summed E-state index contributed by atoms with van der Waals surface area (Å²) >= 11 is 5.67. The lowest BCUT2D eigenvalue weighted by molar-refractivity contribution is -0.122. The van der Waals surface area contributed by atoms with Crippen molar-refractivity contribution in [1.29, 1.82) is 0 Å². The van der Waals surface area contributed by atoms with Crippen molar-refractivity contribution >= 4 is 17.4 Å². The lowest BCUT2D eigenvalue weighted by Crippen LogP contribution is -2.31. The van der Waals surface area contributed by atoms with Crippen LogP contribution in [0.3, 0.4) is 0 Å². The fourth-order valence-electron chi connectivity index (χ4n) is 2.39. The van der Waals surface area contributed by atoms with Crippen LogP contribution >= 0.6 is 11.6 Å². The number of ketones is 1. The third kappa shape index (κ3) is 2.67. The Bertz CT molecular complexity index is 435. The van der Waals surface area contributed by atoms with Gasteiger partial charge in [-0.2, -0.15) is 0 Å². The predicted octanol–water partition coefficient (Wildman–Crippen LogP) is 2.72. The van der Waals surface area contributed by atoms with E-state index >= 15 is 0 Å². The minimum Gasteiger partial charge on any atom is -0.327 e. The molecule has 0 saturated heterocycles. The lowest BCUT2D eigenvalue weighted by atomic mass is 9.94. The van der Waals surface area contributed by atoms with E-state index in [-0.39, 0.29) is 29.2 Å². The first-order valence-corrected chi connectivity index (χ1v) is 6.18. The highest BCUT2D eigenvalue weighted by Gasteiger charge is 2.30. The van der Waals surface area contributed by atoms with Gasteiger partial charge in [-0.25, -0.2) is 4.39 Å². The second kappa shape index (κ2) is 5.15. The Morgan fingerprint density at radius 3 is 2.88 bits per heavy atom. The molecule has 0 aliphatic heterocycles. The molecule has 0 radical (unpaired) electrons. The summed E-state index contributed by atoms with van der Waals surface area (Å²) in [5, 5.41) is 0.0611. The summed E-state index contributed by atoms with van der Waals surface area (Å²) in [6.45, 7) is 0. The number of benzene rings is 1. The van der Waals surface area contributed by atoms with Crippen molar-refractivity contribution in [2.45, 2.75) is 31.7 Å². The first-order valence-electron chi connectivity index (χ1n) is 5.81. The second-order valence-corrected chi connectivity index (χ2v) is 4.96. The van der Waals surface area contributed by atoms with Crippen molar-refractivity contribution in [3.63, 3.8) is 0 Å². The molecule has 0 bridgehead atoms. The molecular weight excluding hydrogens is 241 g/mol. The molecular formula is C13H15ClFNO. The summed E-state index contributed by atoms with van der Waals surface area (Å²) < 4.78 is 13.6. The van der Waals surface area contributed by atoms with Crippen LogP contribution in [0, 0.1) is 11.7 Å². The molecule has 1 saturated carbocycles. The molecule has 2 nitrogen and oxygen atoms in total. The first kappa shape index (κ1) is 12.5. The molecule has 2 unspecified atom stereocenters. The SMILES string of the molecule is NC1CCCC1C(=O)Cc1cccc(Cl)c1F. The summed E-state index contributed by atoms with van der Waals surface area (Å²) in [5.41, 5.74) is 6.22. The van der Waals surface area contributed by atoms with Gasteiger partial charge < -0.3 is 5.73 Å². The van der Waals surface area contributed by atoms with Gasteiger partial charge in [0, 0.05) is 18.4 Å². The molecule has 1 fully saturated rings. The number of carbonyl (C=O) groups is 1. The number of hydrogen-bond acceptors (Lipinski definition) is 2. The zero-order valence-corrected chi connectivity index (χ0v) is 10.2. The minimum absolute atomic E-state index is 0.0242. The van der Waals surface area contributed by atoms with Gasteiger partial charge in [-0.1, -0.05) is 30.2 Å². The highest BCUT2D eigenvalue weighted by atomic mass is 35.5. The monoisotopic (exact) mass is 255 g/mol. The number of carbonyl (C=O) groups excluding carboxylic acids is 1. The van der Waals surface area contributed by atoms with Crippen LogP contribution in [0.4, 0.5) is 4.39 Å². The minimum atomic E-state index is -0.492. The van der Waals surface area contributed by atoms with E-state index in [4.69, 9.17) is 17.3 Å². The maximum absolute atomic E-state index is 13.6. The van der Waals surface area contributed by atoms with Crippen LogP contribution in [-0.2, 0) is 11.2 Å². The van der Waals surface area contributed by atoms with Crippen LogP contribution in [0.5, 0.6) is 0 Å². The van der Waals surface area contributed by atoms with E-state index in [2.05, 4.69) is 0 Å². The van der Waals surface area contributed by atoms with E-state index in [1.165, 1.54) is 6.07 Å². The molecule has 2 rings (SSSR count). The molecule has 17 heavy (non-hydrogen) atoms. The van der Waals surface area contributed by atoms with E-state index in [1.54, 1.807) is 12.1 Å². The topological polar surface area (TPSA) is 43.1 Å². The van der Waals surface area contributed by atoms with Gasteiger partial charge in [0.1, 0.15) is 11.6 Å². The van der Waals surface area contributed by atoms with Crippen molar-refractivity contribution < 1.29 is 9.18 Å². The smallest absolute Gasteiger partial charge is 0.145 e. The maximum atomic E-state index is 13.6. The van der Waals surface area contributed by atoms with Gasteiger partial charge >= 0.3 is 0 Å². The molecule has 0 heterocycles. The van der Waals surface area contributed by atoms with E-state index in [9.17, 15) is 9.18 Å².